The Bertz CT molecular complexity index is 438. The zero-order valence-corrected chi connectivity index (χ0v) is 8.84. The van der Waals surface area contributed by atoms with Gasteiger partial charge in [-0.05, 0) is 11.6 Å². The summed E-state index contributed by atoms with van der Waals surface area (Å²) in [6, 6.07) is 5.01. The molecule has 0 unspecified atom stereocenters. The second-order valence-corrected chi connectivity index (χ2v) is 3.15. The highest BCUT2D eigenvalue weighted by molar-refractivity contribution is 6.34. The predicted molar refractivity (Wildman–Crippen MR) is 55.4 cm³/mol. The number of carbonyl (C=O) groups excluding carboxylic acids is 1. The van der Waals surface area contributed by atoms with Gasteiger partial charge in [-0.25, -0.2) is 4.79 Å². The standard InChI is InChI=1S/C10H9ClN2O2/c1-15-10(14)7-3-2-6(4-12)8(5-13)9(7)11/h2-3H,4,12H2,1H3. The van der Waals surface area contributed by atoms with E-state index in [1.807, 2.05) is 6.07 Å². The van der Waals surface area contributed by atoms with Crippen LogP contribution in [0.25, 0.3) is 0 Å². The molecule has 0 amide bonds. The number of ether oxygens (including phenoxy) is 1. The molecule has 78 valence electrons. The number of methoxy groups -OCH3 is 1. The number of hydrogen-bond acceptors (Lipinski definition) is 4. The second-order valence-electron chi connectivity index (χ2n) is 2.77. The summed E-state index contributed by atoms with van der Waals surface area (Å²) in [6.07, 6.45) is 0. The van der Waals surface area contributed by atoms with Crippen molar-refractivity contribution < 1.29 is 9.53 Å². The van der Waals surface area contributed by atoms with Crippen LogP contribution in [0.1, 0.15) is 21.5 Å². The summed E-state index contributed by atoms with van der Waals surface area (Å²) in [4.78, 5) is 11.3. The van der Waals surface area contributed by atoms with Crippen LogP contribution in [0.5, 0.6) is 0 Å². The van der Waals surface area contributed by atoms with Gasteiger partial charge in [0.05, 0.1) is 23.3 Å². The minimum absolute atomic E-state index is 0.0901. The first-order valence-corrected chi connectivity index (χ1v) is 4.53. The molecule has 0 atom stereocenters. The third-order valence-electron chi connectivity index (χ3n) is 1.97. The van der Waals surface area contributed by atoms with Gasteiger partial charge in [-0.15, -0.1) is 0 Å². The first-order chi connectivity index (χ1) is 7.15. The van der Waals surface area contributed by atoms with Crippen LogP contribution >= 0.6 is 11.6 Å². The Balaban J connectivity index is 3.37. The van der Waals surface area contributed by atoms with Gasteiger partial charge in [-0.2, -0.15) is 5.26 Å². The molecular weight excluding hydrogens is 216 g/mol. The van der Waals surface area contributed by atoms with Crippen LogP contribution in [0.3, 0.4) is 0 Å². The predicted octanol–water partition coefficient (Wildman–Crippen LogP) is 1.46. The second kappa shape index (κ2) is 4.78. The van der Waals surface area contributed by atoms with Crippen LogP contribution in [-0.2, 0) is 11.3 Å². The van der Waals surface area contributed by atoms with Crippen molar-refractivity contribution >= 4 is 17.6 Å². The first-order valence-electron chi connectivity index (χ1n) is 4.15. The average Bonchev–Trinajstić information content (AvgIpc) is 2.27. The van der Waals surface area contributed by atoms with Crippen LogP contribution in [-0.4, -0.2) is 13.1 Å². The highest BCUT2D eigenvalue weighted by Gasteiger charge is 2.16. The molecule has 0 saturated heterocycles. The lowest BCUT2D eigenvalue weighted by Crippen LogP contribution is -2.06. The summed E-state index contributed by atoms with van der Waals surface area (Å²) >= 11 is 5.89. The van der Waals surface area contributed by atoms with Crippen molar-refractivity contribution in [2.24, 2.45) is 5.73 Å². The fraction of sp³-hybridized carbons (Fsp3) is 0.200. The summed E-state index contributed by atoms with van der Waals surface area (Å²) in [7, 11) is 1.25. The number of rotatable bonds is 2. The molecule has 0 fully saturated rings. The minimum Gasteiger partial charge on any atom is -0.465 e. The van der Waals surface area contributed by atoms with E-state index in [9.17, 15) is 4.79 Å². The number of hydrogen-bond donors (Lipinski definition) is 1. The number of benzene rings is 1. The molecule has 2 N–H and O–H groups in total. The van der Waals surface area contributed by atoms with Crippen LogP contribution in [0.4, 0.5) is 0 Å². The monoisotopic (exact) mass is 224 g/mol. The van der Waals surface area contributed by atoms with Crippen LogP contribution in [0, 0.1) is 11.3 Å². The van der Waals surface area contributed by atoms with E-state index in [2.05, 4.69) is 4.74 Å². The number of halogens is 1. The number of esters is 1. The maximum absolute atomic E-state index is 11.3. The van der Waals surface area contributed by atoms with Crippen molar-refractivity contribution in [1.82, 2.24) is 0 Å². The molecule has 0 spiro atoms. The lowest BCUT2D eigenvalue weighted by molar-refractivity contribution is 0.0601. The molecule has 0 aliphatic rings. The van der Waals surface area contributed by atoms with Crippen molar-refractivity contribution in [3.63, 3.8) is 0 Å². The molecule has 0 aliphatic heterocycles. The van der Waals surface area contributed by atoms with E-state index in [1.165, 1.54) is 13.2 Å². The number of nitrogens with two attached hydrogens (primary N) is 1. The molecule has 1 aromatic rings. The van der Waals surface area contributed by atoms with E-state index in [0.29, 0.717) is 5.56 Å². The molecule has 5 heteroatoms. The Morgan fingerprint density at radius 2 is 2.33 bits per heavy atom. The van der Waals surface area contributed by atoms with Crippen molar-refractivity contribution in [1.29, 1.82) is 5.26 Å². The van der Waals surface area contributed by atoms with Gasteiger partial charge >= 0.3 is 5.97 Å². The van der Waals surface area contributed by atoms with Gasteiger partial charge in [0, 0.05) is 6.54 Å². The zero-order valence-electron chi connectivity index (χ0n) is 8.08. The Morgan fingerprint density at radius 3 is 2.80 bits per heavy atom. The zero-order chi connectivity index (χ0) is 11.4. The smallest absolute Gasteiger partial charge is 0.339 e. The Hall–Kier alpha value is -1.57. The lowest BCUT2D eigenvalue weighted by Gasteiger charge is -2.07. The average molecular weight is 225 g/mol. The third kappa shape index (κ3) is 2.09. The summed E-state index contributed by atoms with van der Waals surface area (Å²) in [5.74, 6) is -0.569. The van der Waals surface area contributed by atoms with Gasteiger partial charge in [0.2, 0.25) is 0 Å². The van der Waals surface area contributed by atoms with E-state index in [1.54, 1.807) is 6.07 Å². The minimum atomic E-state index is -0.569. The number of nitrogens with zero attached hydrogens (tertiary/aromatic N) is 1. The van der Waals surface area contributed by atoms with Crippen molar-refractivity contribution in [2.45, 2.75) is 6.54 Å². The third-order valence-corrected chi connectivity index (χ3v) is 2.36. The summed E-state index contributed by atoms with van der Waals surface area (Å²) in [5.41, 5.74) is 6.43. The quantitative estimate of drug-likeness (QED) is 0.772. The van der Waals surface area contributed by atoms with E-state index in [-0.39, 0.29) is 22.7 Å². The molecule has 0 heterocycles. The van der Waals surface area contributed by atoms with Gasteiger partial charge in [-0.3, -0.25) is 0 Å². The molecule has 0 bridgehead atoms. The lowest BCUT2D eigenvalue weighted by atomic mass is 10.0. The Kier molecular flexibility index (Phi) is 3.67. The maximum Gasteiger partial charge on any atom is 0.339 e. The highest BCUT2D eigenvalue weighted by Crippen LogP contribution is 2.24. The Morgan fingerprint density at radius 1 is 1.67 bits per heavy atom. The SMILES string of the molecule is COC(=O)c1ccc(CN)c(C#N)c1Cl. The first kappa shape index (κ1) is 11.5. The van der Waals surface area contributed by atoms with E-state index in [0.717, 1.165) is 0 Å². The largest absolute Gasteiger partial charge is 0.465 e. The van der Waals surface area contributed by atoms with Crippen LogP contribution in [0.15, 0.2) is 12.1 Å². The summed E-state index contributed by atoms with van der Waals surface area (Å²) < 4.78 is 4.53. The maximum atomic E-state index is 11.3. The van der Waals surface area contributed by atoms with Gasteiger partial charge in [0.1, 0.15) is 6.07 Å². The van der Waals surface area contributed by atoms with Gasteiger partial charge in [0.15, 0.2) is 0 Å². The molecule has 1 rings (SSSR count). The van der Waals surface area contributed by atoms with Crippen molar-refractivity contribution in [2.75, 3.05) is 7.11 Å². The molecule has 0 radical (unpaired) electrons. The number of carbonyl (C=O) groups is 1. The molecule has 1 aromatic carbocycles. The summed E-state index contributed by atoms with van der Waals surface area (Å²) in [5, 5.41) is 8.96. The van der Waals surface area contributed by atoms with Crippen LogP contribution < -0.4 is 5.73 Å². The van der Waals surface area contributed by atoms with Gasteiger partial charge < -0.3 is 10.5 Å². The van der Waals surface area contributed by atoms with Crippen LogP contribution in [0.2, 0.25) is 5.02 Å². The molecule has 15 heavy (non-hydrogen) atoms. The molecular formula is C10H9ClN2O2. The molecule has 0 saturated carbocycles. The van der Waals surface area contributed by atoms with Crippen molar-refractivity contribution in [3.05, 3.63) is 33.8 Å². The fourth-order valence-corrected chi connectivity index (χ4v) is 1.48. The van der Waals surface area contributed by atoms with E-state index in [4.69, 9.17) is 22.6 Å². The van der Waals surface area contributed by atoms with Gasteiger partial charge in [-0.1, -0.05) is 17.7 Å². The molecule has 0 aliphatic carbocycles. The molecule has 4 nitrogen and oxygen atoms in total. The van der Waals surface area contributed by atoms with Gasteiger partial charge in [0.25, 0.3) is 0 Å². The number of nitriles is 1. The fourth-order valence-electron chi connectivity index (χ4n) is 1.17. The summed E-state index contributed by atoms with van der Waals surface area (Å²) in [6.45, 7) is 0.198. The van der Waals surface area contributed by atoms with Crippen molar-refractivity contribution in [3.8, 4) is 6.07 Å². The van der Waals surface area contributed by atoms with E-state index >= 15 is 0 Å². The molecule has 0 aromatic heterocycles. The Labute approximate surface area is 92.2 Å². The van der Waals surface area contributed by atoms with E-state index < -0.39 is 5.97 Å². The highest BCUT2D eigenvalue weighted by atomic mass is 35.5. The topological polar surface area (TPSA) is 76.1 Å². The normalized spacial score (nSPS) is 9.47.